The number of hydrogen-bond donors (Lipinski definition) is 2. The highest BCUT2D eigenvalue weighted by atomic mass is 32.1. The summed E-state index contributed by atoms with van der Waals surface area (Å²) >= 11 is 1.38. The maximum absolute atomic E-state index is 13.2. The molecule has 0 aromatic carbocycles. The van der Waals surface area contributed by atoms with E-state index in [1.54, 1.807) is 27.9 Å². The van der Waals surface area contributed by atoms with Gasteiger partial charge in [0.2, 0.25) is 0 Å². The number of Topliss-reactive ketones (excluding diaryl/α,β-unsaturated/α-hetero) is 1. The van der Waals surface area contributed by atoms with Crippen molar-refractivity contribution in [3.8, 4) is 5.19 Å². The van der Waals surface area contributed by atoms with E-state index in [4.69, 9.17) is 14.2 Å². The lowest BCUT2D eigenvalue weighted by Gasteiger charge is -2.34. The van der Waals surface area contributed by atoms with Crippen LogP contribution in [0, 0.1) is 17.3 Å². The van der Waals surface area contributed by atoms with Gasteiger partial charge in [-0.3, -0.25) is 9.59 Å². The van der Waals surface area contributed by atoms with Gasteiger partial charge in [-0.05, 0) is 44.3 Å². The van der Waals surface area contributed by atoms with Crippen LogP contribution in [0.25, 0.3) is 6.08 Å². The summed E-state index contributed by atoms with van der Waals surface area (Å²) in [5.41, 5.74) is -0.0125. The number of ether oxygens (including phenoxy) is 3. The third-order valence-electron chi connectivity index (χ3n) is 7.97. The molecular weight excluding hydrogens is 482 g/mol. The van der Waals surface area contributed by atoms with Crippen molar-refractivity contribution in [1.82, 2.24) is 4.98 Å². The predicted octanol–water partition coefficient (Wildman–Crippen LogP) is 4.18. The number of aliphatic hydroxyl groups excluding tert-OH is 2. The van der Waals surface area contributed by atoms with Gasteiger partial charge in [-0.25, -0.2) is 4.98 Å². The molecule has 1 aromatic rings. The topological polar surface area (TPSA) is 118 Å². The summed E-state index contributed by atoms with van der Waals surface area (Å²) in [6, 6.07) is 0. The predicted molar refractivity (Wildman–Crippen MR) is 138 cm³/mol. The van der Waals surface area contributed by atoms with Crippen molar-refractivity contribution in [2.75, 3.05) is 7.11 Å². The zero-order chi connectivity index (χ0) is 26.8. The van der Waals surface area contributed by atoms with Crippen molar-refractivity contribution >= 4 is 29.2 Å². The summed E-state index contributed by atoms with van der Waals surface area (Å²) in [5.74, 6) is -1.60. The number of aliphatic hydroxyl groups is 2. The molecule has 7 atom stereocenters. The molecule has 2 N–H and O–H groups in total. The molecule has 0 saturated carbocycles. The molecule has 2 aliphatic heterocycles. The van der Waals surface area contributed by atoms with Gasteiger partial charge in [0.25, 0.3) is 5.19 Å². The molecule has 36 heavy (non-hydrogen) atoms. The third kappa shape index (κ3) is 6.54. The number of esters is 1. The van der Waals surface area contributed by atoms with Crippen LogP contribution in [0.15, 0.2) is 11.0 Å². The van der Waals surface area contributed by atoms with Crippen LogP contribution in [0.5, 0.6) is 5.19 Å². The fraction of sp³-hybridized carbons (Fsp3) is 0.741. The van der Waals surface area contributed by atoms with Crippen molar-refractivity contribution in [2.45, 2.75) is 104 Å². The molecule has 3 heterocycles. The number of carbonyl (C=O) groups excluding carboxylic acids is 2. The van der Waals surface area contributed by atoms with Crippen LogP contribution in [0.4, 0.5) is 0 Å². The summed E-state index contributed by atoms with van der Waals surface area (Å²) < 4.78 is 17.1. The molecule has 9 heteroatoms. The standard InChI is InChI=1S/C27H41NO7S/c1-15-9-8-10-27(6)21(35-27)12-19(16(2)11-18-14-36-25(28-18)33-7)34-22(30)13-20(29)26(4,5)24(32)17(3)23(15)31/h11,14-15,17,19-21,23,29,31H,8-10,12-13H2,1-7H3. The van der Waals surface area contributed by atoms with E-state index in [0.29, 0.717) is 17.3 Å². The molecule has 0 aliphatic carbocycles. The lowest BCUT2D eigenvalue weighted by atomic mass is 9.73. The van der Waals surface area contributed by atoms with Crippen LogP contribution in [0.1, 0.15) is 79.3 Å². The van der Waals surface area contributed by atoms with Gasteiger partial charge in [0, 0.05) is 17.7 Å². The molecule has 2 saturated heterocycles. The number of hydrogen-bond acceptors (Lipinski definition) is 9. The van der Waals surface area contributed by atoms with Crippen LogP contribution >= 0.6 is 11.3 Å². The number of nitrogens with zero attached hydrogens (tertiary/aromatic N) is 1. The van der Waals surface area contributed by atoms with Gasteiger partial charge in [0.1, 0.15) is 11.9 Å². The van der Waals surface area contributed by atoms with Gasteiger partial charge in [0.05, 0.1) is 48.6 Å². The molecule has 3 rings (SSSR count). The minimum absolute atomic E-state index is 0.0707. The first-order valence-electron chi connectivity index (χ1n) is 12.7. The van der Waals surface area contributed by atoms with Gasteiger partial charge in [-0.1, -0.05) is 45.5 Å². The van der Waals surface area contributed by atoms with Crippen molar-refractivity contribution in [3.63, 3.8) is 0 Å². The van der Waals surface area contributed by atoms with Crippen LogP contribution < -0.4 is 4.74 Å². The van der Waals surface area contributed by atoms with E-state index >= 15 is 0 Å². The normalized spacial score (nSPS) is 36.6. The molecule has 0 bridgehead atoms. The van der Waals surface area contributed by atoms with Crippen molar-refractivity contribution in [3.05, 3.63) is 16.6 Å². The molecule has 7 unspecified atom stereocenters. The minimum atomic E-state index is -1.24. The number of aromatic nitrogens is 1. The number of rotatable bonds is 3. The first-order valence-corrected chi connectivity index (χ1v) is 13.6. The second-order valence-corrected chi connectivity index (χ2v) is 12.0. The first-order chi connectivity index (χ1) is 16.8. The van der Waals surface area contributed by atoms with E-state index in [2.05, 4.69) is 11.9 Å². The number of ketones is 1. The van der Waals surface area contributed by atoms with E-state index in [-0.39, 0.29) is 29.8 Å². The second-order valence-electron chi connectivity index (χ2n) is 11.2. The number of fused-ring (bicyclic) bond motifs is 1. The highest BCUT2D eigenvalue weighted by Crippen LogP contribution is 2.45. The summed E-state index contributed by atoms with van der Waals surface area (Å²) in [4.78, 5) is 30.6. The largest absolute Gasteiger partial charge is 0.473 e. The molecule has 1 aromatic heterocycles. The van der Waals surface area contributed by atoms with Crippen LogP contribution in [-0.4, -0.2) is 64.1 Å². The smallest absolute Gasteiger partial charge is 0.309 e. The Kier molecular flexibility index (Phi) is 9.02. The fourth-order valence-corrected chi connectivity index (χ4v) is 5.65. The third-order valence-corrected chi connectivity index (χ3v) is 8.78. The Morgan fingerprint density at radius 1 is 1.25 bits per heavy atom. The van der Waals surface area contributed by atoms with Gasteiger partial charge in [-0.2, -0.15) is 0 Å². The van der Waals surface area contributed by atoms with E-state index in [9.17, 15) is 19.8 Å². The highest BCUT2D eigenvalue weighted by molar-refractivity contribution is 7.11. The summed E-state index contributed by atoms with van der Waals surface area (Å²) in [5, 5.41) is 24.1. The molecular formula is C27H41NO7S. The van der Waals surface area contributed by atoms with Crippen LogP contribution in [0.3, 0.4) is 0 Å². The summed E-state index contributed by atoms with van der Waals surface area (Å²) in [6.45, 7) is 10.8. The monoisotopic (exact) mass is 523 g/mol. The molecule has 2 aliphatic rings. The Morgan fingerprint density at radius 2 is 1.94 bits per heavy atom. The zero-order valence-corrected chi connectivity index (χ0v) is 23.3. The zero-order valence-electron chi connectivity index (χ0n) is 22.4. The number of carbonyl (C=O) groups is 2. The van der Waals surface area contributed by atoms with Gasteiger partial charge >= 0.3 is 5.97 Å². The molecule has 0 radical (unpaired) electrons. The Hall–Kier alpha value is -1.81. The second kappa shape index (κ2) is 11.3. The molecule has 8 nitrogen and oxygen atoms in total. The van der Waals surface area contributed by atoms with Crippen molar-refractivity contribution < 1.29 is 34.0 Å². The maximum Gasteiger partial charge on any atom is 0.309 e. The lowest BCUT2D eigenvalue weighted by Crippen LogP contribution is -2.45. The number of cyclic esters (lactones) is 1. The molecule has 0 amide bonds. The summed E-state index contributed by atoms with van der Waals surface area (Å²) in [7, 11) is 1.56. The van der Waals surface area contributed by atoms with E-state index < -0.39 is 35.6 Å². The lowest BCUT2D eigenvalue weighted by molar-refractivity contribution is -0.154. The number of thiazole rings is 1. The van der Waals surface area contributed by atoms with E-state index in [0.717, 1.165) is 24.8 Å². The van der Waals surface area contributed by atoms with E-state index in [1.165, 1.54) is 11.3 Å². The fourth-order valence-electron chi connectivity index (χ4n) is 5.05. The van der Waals surface area contributed by atoms with Gasteiger partial charge in [0.15, 0.2) is 0 Å². The number of methoxy groups -OCH3 is 1. The SMILES string of the molecule is COc1nc(C=C(C)C2CC3OC3(C)CCCC(C)C(O)C(C)C(=O)C(C)(C)C(O)CC(=O)O2)cs1. The molecule has 2 fully saturated rings. The van der Waals surface area contributed by atoms with Crippen molar-refractivity contribution in [1.29, 1.82) is 0 Å². The average molecular weight is 524 g/mol. The minimum Gasteiger partial charge on any atom is -0.473 e. The Labute approximate surface area is 218 Å². The molecule has 0 spiro atoms. The van der Waals surface area contributed by atoms with Crippen LogP contribution in [0.2, 0.25) is 0 Å². The number of epoxide rings is 1. The maximum atomic E-state index is 13.2. The average Bonchev–Trinajstić information content (AvgIpc) is 3.23. The summed E-state index contributed by atoms with van der Waals surface area (Å²) in [6.07, 6.45) is 1.74. The Morgan fingerprint density at radius 3 is 2.58 bits per heavy atom. The van der Waals surface area contributed by atoms with E-state index in [1.807, 2.05) is 25.3 Å². The molecule has 202 valence electrons. The highest BCUT2D eigenvalue weighted by Gasteiger charge is 2.53. The van der Waals surface area contributed by atoms with Crippen molar-refractivity contribution in [2.24, 2.45) is 17.3 Å². The first kappa shape index (κ1) is 28.8. The van der Waals surface area contributed by atoms with Gasteiger partial charge in [-0.15, -0.1) is 0 Å². The van der Waals surface area contributed by atoms with Gasteiger partial charge < -0.3 is 24.4 Å². The van der Waals surface area contributed by atoms with Crippen LogP contribution in [-0.2, 0) is 19.1 Å². The quantitative estimate of drug-likeness (QED) is 0.448. The Bertz CT molecular complexity index is 973. The Balaban J connectivity index is 1.85.